The normalized spacial score (nSPS) is 15.7. The molecule has 2 rings (SSSR count). The highest BCUT2D eigenvalue weighted by Crippen LogP contribution is 2.27. The molecule has 17 heavy (non-hydrogen) atoms. The molecule has 96 valence electrons. The molecule has 1 aliphatic carbocycles. The molecular formula is C12H22N4S. The van der Waals surface area contributed by atoms with Crippen molar-refractivity contribution >= 4 is 11.8 Å². The van der Waals surface area contributed by atoms with Gasteiger partial charge >= 0.3 is 0 Å². The van der Waals surface area contributed by atoms with Crippen molar-refractivity contribution in [2.75, 3.05) is 12.3 Å². The minimum Gasteiger partial charge on any atom is -0.311 e. The van der Waals surface area contributed by atoms with Crippen molar-refractivity contribution in [3.8, 4) is 0 Å². The monoisotopic (exact) mass is 254 g/mol. The maximum Gasteiger partial charge on any atom is 0.0964 e. The van der Waals surface area contributed by atoms with Crippen molar-refractivity contribution in [2.45, 2.75) is 45.0 Å². The Morgan fingerprint density at radius 3 is 3.06 bits per heavy atom. The van der Waals surface area contributed by atoms with Crippen LogP contribution in [-0.2, 0) is 13.1 Å². The number of aryl methyl sites for hydroxylation is 1. The Morgan fingerprint density at radius 1 is 1.53 bits per heavy atom. The van der Waals surface area contributed by atoms with E-state index in [0.29, 0.717) is 5.25 Å². The Bertz CT molecular complexity index is 311. The number of nitrogens with one attached hydrogen (secondary N) is 1. The van der Waals surface area contributed by atoms with Gasteiger partial charge in [-0.25, -0.2) is 0 Å². The molecule has 4 nitrogen and oxygen atoms in total. The summed E-state index contributed by atoms with van der Waals surface area (Å²) in [6.07, 6.45) is 4.85. The van der Waals surface area contributed by atoms with E-state index < -0.39 is 0 Å². The smallest absolute Gasteiger partial charge is 0.0964 e. The number of thioether (sulfide) groups is 1. The molecule has 0 radical (unpaired) electrons. The quantitative estimate of drug-likeness (QED) is 0.769. The number of aromatic nitrogens is 3. The van der Waals surface area contributed by atoms with Gasteiger partial charge in [-0.1, -0.05) is 19.1 Å². The number of rotatable bonds is 8. The molecule has 1 aromatic rings. The molecule has 0 aromatic carbocycles. The fraction of sp³-hybridized carbons (Fsp3) is 0.833. The summed E-state index contributed by atoms with van der Waals surface area (Å²) in [4.78, 5) is 0. The highest BCUT2D eigenvalue weighted by Gasteiger charge is 2.20. The summed E-state index contributed by atoms with van der Waals surface area (Å²) < 4.78 is 1.95. The van der Waals surface area contributed by atoms with Crippen LogP contribution in [0.3, 0.4) is 0 Å². The molecule has 0 unspecified atom stereocenters. The van der Waals surface area contributed by atoms with Crippen molar-refractivity contribution in [3.05, 3.63) is 11.9 Å². The molecule has 1 heterocycles. The van der Waals surface area contributed by atoms with Gasteiger partial charge in [-0.15, -0.1) is 5.10 Å². The third-order valence-electron chi connectivity index (χ3n) is 2.79. The Morgan fingerprint density at radius 2 is 2.35 bits per heavy atom. The standard InChI is InChI=1S/C12H22N4S/c1-10(2)17-6-5-16-9-12(14-15-16)8-13-7-11-3-4-11/h9-11,13H,3-8H2,1-2H3. The summed E-state index contributed by atoms with van der Waals surface area (Å²) in [5.41, 5.74) is 1.06. The minimum atomic E-state index is 0.693. The van der Waals surface area contributed by atoms with Crippen LogP contribution in [0.15, 0.2) is 6.20 Å². The topological polar surface area (TPSA) is 42.7 Å². The molecule has 1 saturated carbocycles. The molecule has 0 aliphatic heterocycles. The molecule has 0 bridgehead atoms. The first-order chi connectivity index (χ1) is 8.24. The summed E-state index contributed by atoms with van der Waals surface area (Å²) in [7, 11) is 0. The van der Waals surface area contributed by atoms with Gasteiger partial charge in [-0.3, -0.25) is 4.68 Å². The molecule has 1 fully saturated rings. The lowest BCUT2D eigenvalue weighted by molar-refractivity contribution is 0.623. The maximum atomic E-state index is 4.17. The van der Waals surface area contributed by atoms with E-state index in [9.17, 15) is 0 Å². The van der Waals surface area contributed by atoms with Crippen molar-refractivity contribution in [1.82, 2.24) is 20.3 Å². The highest BCUT2D eigenvalue weighted by molar-refractivity contribution is 7.99. The third kappa shape index (κ3) is 5.08. The summed E-state index contributed by atoms with van der Waals surface area (Å²) in [6, 6.07) is 0. The van der Waals surface area contributed by atoms with E-state index in [2.05, 4.69) is 35.7 Å². The molecule has 0 saturated heterocycles. The van der Waals surface area contributed by atoms with Gasteiger partial charge < -0.3 is 5.32 Å². The lowest BCUT2D eigenvalue weighted by Gasteiger charge is -2.03. The van der Waals surface area contributed by atoms with Crippen LogP contribution in [0, 0.1) is 5.92 Å². The zero-order valence-electron chi connectivity index (χ0n) is 10.7. The van der Waals surface area contributed by atoms with Crippen molar-refractivity contribution in [2.24, 2.45) is 5.92 Å². The van der Waals surface area contributed by atoms with Gasteiger partial charge in [-0.2, -0.15) is 11.8 Å². The molecule has 0 atom stereocenters. The first kappa shape index (κ1) is 12.9. The van der Waals surface area contributed by atoms with Crippen LogP contribution in [0.2, 0.25) is 0 Å². The Labute approximate surface area is 108 Å². The largest absolute Gasteiger partial charge is 0.311 e. The Hall–Kier alpha value is -0.550. The zero-order valence-corrected chi connectivity index (χ0v) is 11.5. The van der Waals surface area contributed by atoms with E-state index in [1.807, 2.05) is 16.4 Å². The molecule has 1 aromatic heterocycles. The molecular weight excluding hydrogens is 232 g/mol. The average Bonchev–Trinajstić information content (AvgIpc) is 2.98. The van der Waals surface area contributed by atoms with Gasteiger partial charge in [0.2, 0.25) is 0 Å². The van der Waals surface area contributed by atoms with Gasteiger partial charge in [0.05, 0.1) is 12.2 Å². The summed E-state index contributed by atoms with van der Waals surface area (Å²) in [5.74, 6) is 2.03. The molecule has 5 heteroatoms. The van der Waals surface area contributed by atoms with Crippen LogP contribution in [0.4, 0.5) is 0 Å². The van der Waals surface area contributed by atoms with Crippen molar-refractivity contribution < 1.29 is 0 Å². The summed E-state index contributed by atoms with van der Waals surface area (Å²) >= 11 is 1.96. The van der Waals surface area contributed by atoms with Gasteiger partial charge in [-0.05, 0) is 30.6 Å². The second kappa shape index (κ2) is 6.40. The lowest BCUT2D eigenvalue weighted by atomic mass is 10.4. The maximum absolute atomic E-state index is 4.17. The SMILES string of the molecule is CC(C)SCCn1cc(CNCC2CC2)nn1. The van der Waals surface area contributed by atoms with Crippen LogP contribution < -0.4 is 5.32 Å². The van der Waals surface area contributed by atoms with E-state index in [1.54, 1.807) is 0 Å². The fourth-order valence-corrected chi connectivity index (χ4v) is 2.40. The van der Waals surface area contributed by atoms with Crippen molar-refractivity contribution in [3.63, 3.8) is 0 Å². The Balaban J connectivity index is 1.63. The lowest BCUT2D eigenvalue weighted by Crippen LogP contribution is -2.16. The predicted molar refractivity (Wildman–Crippen MR) is 72.0 cm³/mol. The van der Waals surface area contributed by atoms with Gasteiger partial charge in [0.25, 0.3) is 0 Å². The van der Waals surface area contributed by atoms with Crippen LogP contribution in [0.5, 0.6) is 0 Å². The van der Waals surface area contributed by atoms with Gasteiger partial charge in [0, 0.05) is 18.5 Å². The summed E-state index contributed by atoms with van der Waals surface area (Å²) in [6.45, 7) is 7.39. The second-order valence-electron chi connectivity index (χ2n) is 4.97. The van der Waals surface area contributed by atoms with Crippen molar-refractivity contribution in [1.29, 1.82) is 0 Å². The first-order valence-corrected chi connectivity index (χ1v) is 7.50. The van der Waals surface area contributed by atoms with Crippen LogP contribution in [0.25, 0.3) is 0 Å². The first-order valence-electron chi connectivity index (χ1n) is 6.45. The van der Waals surface area contributed by atoms with E-state index in [0.717, 1.165) is 37.0 Å². The molecule has 1 aliphatic rings. The zero-order chi connectivity index (χ0) is 12.1. The average molecular weight is 254 g/mol. The number of nitrogens with zero attached hydrogens (tertiary/aromatic N) is 3. The highest BCUT2D eigenvalue weighted by atomic mass is 32.2. The minimum absolute atomic E-state index is 0.693. The number of hydrogen-bond donors (Lipinski definition) is 1. The van der Waals surface area contributed by atoms with Gasteiger partial charge in [0.15, 0.2) is 0 Å². The Kier molecular flexibility index (Phi) is 4.86. The molecule has 1 N–H and O–H groups in total. The van der Waals surface area contributed by atoms with Crippen LogP contribution in [0.1, 0.15) is 32.4 Å². The summed E-state index contributed by atoms with van der Waals surface area (Å²) in [5, 5.41) is 12.4. The van der Waals surface area contributed by atoms with E-state index in [1.165, 1.54) is 12.8 Å². The fourth-order valence-electron chi connectivity index (χ4n) is 1.64. The van der Waals surface area contributed by atoms with E-state index >= 15 is 0 Å². The third-order valence-corrected chi connectivity index (χ3v) is 3.88. The van der Waals surface area contributed by atoms with E-state index in [4.69, 9.17) is 0 Å². The second-order valence-corrected chi connectivity index (χ2v) is 6.65. The molecule has 0 spiro atoms. The number of hydrogen-bond acceptors (Lipinski definition) is 4. The molecule has 0 amide bonds. The van der Waals surface area contributed by atoms with Crippen LogP contribution >= 0.6 is 11.8 Å². The van der Waals surface area contributed by atoms with E-state index in [-0.39, 0.29) is 0 Å². The van der Waals surface area contributed by atoms with Crippen LogP contribution in [-0.4, -0.2) is 32.5 Å². The van der Waals surface area contributed by atoms with Gasteiger partial charge in [0.1, 0.15) is 0 Å². The predicted octanol–water partition coefficient (Wildman–Crippen LogP) is 1.92.